The molecule has 106 valence electrons. The van der Waals surface area contributed by atoms with E-state index in [4.69, 9.17) is 10.3 Å². The van der Waals surface area contributed by atoms with Gasteiger partial charge in [0.1, 0.15) is 17.3 Å². The van der Waals surface area contributed by atoms with E-state index in [1.165, 1.54) is 24.3 Å². The Morgan fingerprint density at radius 3 is 2.33 bits per heavy atom. The lowest BCUT2D eigenvalue weighted by Crippen LogP contribution is -1.89. The van der Waals surface area contributed by atoms with Crippen LogP contribution < -0.4 is 5.73 Å². The lowest BCUT2D eigenvalue weighted by molar-refractivity contribution is 0.439. The minimum atomic E-state index is -0.370. The van der Waals surface area contributed by atoms with Gasteiger partial charge in [-0.2, -0.15) is 0 Å². The average Bonchev–Trinajstić information content (AvgIpc) is 2.82. The Kier molecular flexibility index (Phi) is 3.47. The van der Waals surface area contributed by atoms with Crippen molar-refractivity contribution in [2.75, 3.05) is 5.73 Å². The molecule has 0 radical (unpaired) electrons. The van der Waals surface area contributed by atoms with Gasteiger partial charge >= 0.3 is 0 Å². The fourth-order valence-corrected chi connectivity index (χ4v) is 2.60. The molecule has 6 heteroatoms. The molecule has 0 aliphatic carbocycles. The molecule has 0 aliphatic heterocycles. The monoisotopic (exact) mass is 350 g/mol. The van der Waals surface area contributed by atoms with Crippen molar-refractivity contribution in [2.24, 2.45) is 0 Å². The molecular weight excluding hydrogens is 342 g/mol. The lowest BCUT2D eigenvalue weighted by Gasteiger charge is -2.05. The first-order chi connectivity index (χ1) is 10.1. The number of hydrogen-bond donors (Lipinski definition) is 1. The van der Waals surface area contributed by atoms with E-state index in [1.54, 1.807) is 18.2 Å². The number of nitrogen functional groups attached to an aromatic ring is 1. The van der Waals surface area contributed by atoms with Crippen molar-refractivity contribution in [1.82, 2.24) is 5.16 Å². The summed E-state index contributed by atoms with van der Waals surface area (Å²) in [4.78, 5) is 0. The first kappa shape index (κ1) is 13.8. The SMILES string of the molecule is Nc1onc(-c2ccc(F)cc2Br)c1-c1ccc(F)cc1. The smallest absolute Gasteiger partial charge is 0.230 e. The van der Waals surface area contributed by atoms with Gasteiger partial charge in [0.2, 0.25) is 5.88 Å². The zero-order valence-corrected chi connectivity index (χ0v) is 12.2. The van der Waals surface area contributed by atoms with Gasteiger partial charge in [0, 0.05) is 10.0 Å². The topological polar surface area (TPSA) is 52.0 Å². The van der Waals surface area contributed by atoms with Crippen molar-refractivity contribution in [1.29, 1.82) is 0 Å². The van der Waals surface area contributed by atoms with E-state index >= 15 is 0 Å². The highest BCUT2D eigenvalue weighted by Gasteiger charge is 2.19. The van der Waals surface area contributed by atoms with Crippen LogP contribution in [0.5, 0.6) is 0 Å². The molecule has 3 nitrogen and oxygen atoms in total. The molecule has 2 N–H and O–H groups in total. The zero-order chi connectivity index (χ0) is 15.0. The van der Waals surface area contributed by atoms with E-state index in [1.807, 2.05) is 0 Å². The van der Waals surface area contributed by atoms with Gasteiger partial charge in [-0.3, -0.25) is 0 Å². The molecule has 3 rings (SSSR count). The van der Waals surface area contributed by atoms with Gasteiger partial charge < -0.3 is 10.3 Å². The van der Waals surface area contributed by atoms with Crippen LogP contribution in [0.4, 0.5) is 14.7 Å². The van der Waals surface area contributed by atoms with Crippen LogP contribution in [0, 0.1) is 11.6 Å². The van der Waals surface area contributed by atoms with E-state index in [9.17, 15) is 8.78 Å². The summed E-state index contributed by atoms with van der Waals surface area (Å²) in [5.41, 5.74) is 8.13. The Hall–Kier alpha value is -2.21. The summed E-state index contributed by atoms with van der Waals surface area (Å²) >= 11 is 3.29. The predicted molar refractivity (Wildman–Crippen MR) is 79.4 cm³/mol. The summed E-state index contributed by atoms with van der Waals surface area (Å²) in [7, 11) is 0. The Morgan fingerprint density at radius 1 is 1.00 bits per heavy atom. The van der Waals surface area contributed by atoms with Gasteiger partial charge in [0.15, 0.2) is 0 Å². The Balaban J connectivity index is 2.19. The first-order valence-corrected chi connectivity index (χ1v) is 6.82. The van der Waals surface area contributed by atoms with Gasteiger partial charge in [-0.15, -0.1) is 0 Å². The van der Waals surface area contributed by atoms with Crippen LogP contribution in [0.15, 0.2) is 51.5 Å². The van der Waals surface area contributed by atoms with E-state index in [0.717, 1.165) is 0 Å². The molecule has 0 spiro atoms. The molecule has 0 fully saturated rings. The molecule has 0 aliphatic rings. The van der Waals surface area contributed by atoms with Crippen LogP contribution in [0.1, 0.15) is 0 Å². The second-order valence-corrected chi connectivity index (χ2v) is 5.26. The number of rotatable bonds is 2. The van der Waals surface area contributed by atoms with Crippen LogP contribution in [-0.2, 0) is 0 Å². The highest BCUT2D eigenvalue weighted by atomic mass is 79.9. The standard InChI is InChI=1S/C15H9BrF2N2O/c16-12-7-10(18)5-6-11(12)14-13(15(19)21-20-14)8-1-3-9(17)4-2-8/h1-7H,19H2. The predicted octanol–water partition coefficient (Wildman–Crippen LogP) is 4.63. The molecule has 1 aromatic heterocycles. The summed E-state index contributed by atoms with van der Waals surface area (Å²) in [5.74, 6) is -0.600. The summed E-state index contributed by atoms with van der Waals surface area (Å²) in [6, 6.07) is 10.0. The van der Waals surface area contributed by atoms with Crippen LogP contribution in [0.2, 0.25) is 0 Å². The van der Waals surface area contributed by atoms with E-state index in [0.29, 0.717) is 26.9 Å². The maximum Gasteiger partial charge on any atom is 0.230 e. The van der Waals surface area contributed by atoms with E-state index in [-0.39, 0.29) is 17.5 Å². The molecule has 0 bridgehead atoms. The number of aromatic nitrogens is 1. The minimum Gasteiger partial charge on any atom is -0.367 e. The molecule has 3 aromatic rings. The lowest BCUT2D eigenvalue weighted by atomic mass is 10.0. The normalized spacial score (nSPS) is 10.8. The number of halogens is 3. The van der Waals surface area contributed by atoms with Gasteiger partial charge in [-0.1, -0.05) is 17.3 Å². The van der Waals surface area contributed by atoms with Crippen molar-refractivity contribution in [3.63, 3.8) is 0 Å². The van der Waals surface area contributed by atoms with Crippen LogP contribution in [0.3, 0.4) is 0 Å². The molecule has 2 aromatic carbocycles. The highest BCUT2D eigenvalue weighted by Crippen LogP contribution is 2.39. The van der Waals surface area contributed by atoms with Gasteiger partial charge in [0.25, 0.3) is 0 Å². The third-order valence-corrected chi connectivity index (χ3v) is 3.69. The number of benzene rings is 2. The van der Waals surface area contributed by atoms with E-state index < -0.39 is 0 Å². The summed E-state index contributed by atoms with van der Waals surface area (Å²) in [6.07, 6.45) is 0. The maximum absolute atomic E-state index is 13.2. The van der Waals surface area contributed by atoms with Crippen LogP contribution in [0.25, 0.3) is 22.4 Å². The Morgan fingerprint density at radius 2 is 1.67 bits per heavy atom. The van der Waals surface area contributed by atoms with Crippen molar-refractivity contribution < 1.29 is 13.3 Å². The average molecular weight is 351 g/mol. The van der Waals surface area contributed by atoms with E-state index in [2.05, 4.69) is 21.1 Å². The minimum absolute atomic E-state index is 0.118. The molecule has 21 heavy (non-hydrogen) atoms. The second kappa shape index (κ2) is 5.29. The van der Waals surface area contributed by atoms with Crippen LogP contribution >= 0.6 is 15.9 Å². The van der Waals surface area contributed by atoms with Crippen LogP contribution in [-0.4, -0.2) is 5.16 Å². The Bertz CT molecular complexity index is 800. The first-order valence-electron chi connectivity index (χ1n) is 6.03. The number of anilines is 1. The number of nitrogens with two attached hydrogens (primary N) is 1. The quantitative estimate of drug-likeness (QED) is 0.732. The number of hydrogen-bond acceptors (Lipinski definition) is 3. The Labute approximate surface area is 127 Å². The van der Waals surface area contributed by atoms with Gasteiger partial charge in [-0.05, 0) is 51.8 Å². The molecule has 0 amide bonds. The summed E-state index contributed by atoms with van der Waals surface area (Å²) in [6.45, 7) is 0. The molecule has 0 saturated carbocycles. The van der Waals surface area contributed by atoms with Crippen molar-refractivity contribution in [3.05, 3.63) is 58.6 Å². The second-order valence-electron chi connectivity index (χ2n) is 4.40. The highest BCUT2D eigenvalue weighted by molar-refractivity contribution is 9.10. The largest absolute Gasteiger partial charge is 0.367 e. The maximum atomic E-state index is 13.2. The van der Waals surface area contributed by atoms with Gasteiger partial charge in [-0.25, -0.2) is 8.78 Å². The summed E-state index contributed by atoms with van der Waals surface area (Å²) in [5, 5.41) is 3.93. The fourth-order valence-electron chi connectivity index (χ4n) is 2.06. The molecule has 0 saturated heterocycles. The van der Waals surface area contributed by atoms with Gasteiger partial charge in [0.05, 0.1) is 5.56 Å². The zero-order valence-electron chi connectivity index (χ0n) is 10.6. The summed E-state index contributed by atoms with van der Waals surface area (Å²) < 4.78 is 31.8. The molecule has 0 unspecified atom stereocenters. The fraction of sp³-hybridized carbons (Fsp3) is 0. The number of nitrogens with zero attached hydrogens (tertiary/aromatic N) is 1. The molecule has 0 atom stereocenters. The van der Waals surface area contributed by atoms with Crippen molar-refractivity contribution in [2.45, 2.75) is 0 Å². The third-order valence-electron chi connectivity index (χ3n) is 3.04. The molecule has 1 heterocycles. The van der Waals surface area contributed by atoms with Crippen molar-refractivity contribution in [3.8, 4) is 22.4 Å². The molecular formula is C15H9BrF2N2O. The van der Waals surface area contributed by atoms with Crippen molar-refractivity contribution >= 4 is 21.8 Å². The third kappa shape index (κ3) is 2.54.